The zero-order valence-electron chi connectivity index (χ0n) is 12.6. The number of benzene rings is 2. The van der Waals surface area contributed by atoms with E-state index in [9.17, 15) is 19.5 Å². The molecule has 6 nitrogen and oxygen atoms in total. The van der Waals surface area contributed by atoms with Crippen LogP contribution in [0.5, 0.6) is 0 Å². The minimum Gasteiger partial charge on any atom is -0.545 e. The van der Waals surface area contributed by atoms with Crippen molar-refractivity contribution < 1.29 is 19.5 Å². The van der Waals surface area contributed by atoms with E-state index >= 15 is 0 Å². The molecule has 2 aromatic rings. The number of aromatic carboxylic acids is 1. The lowest BCUT2D eigenvalue weighted by Gasteiger charge is -2.28. The number of imide groups is 1. The molecular weight excluding hydrogens is 308 g/mol. The van der Waals surface area contributed by atoms with Gasteiger partial charge in [0, 0.05) is 13.0 Å². The van der Waals surface area contributed by atoms with Gasteiger partial charge in [-0.15, -0.1) is 0 Å². The van der Waals surface area contributed by atoms with Gasteiger partial charge in [0.05, 0.1) is 11.7 Å². The van der Waals surface area contributed by atoms with Gasteiger partial charge >= 0.3 is 6.03 Å². The molecule has 1 fully saturated rings. The third-order valence-electron chi connectivity index (χ3n) is 4.55. The van der Waals surface area contributed by atoms with Crippen LogP contribution in [-0.2, 0) is 17.8 Å². The van der Waals surface area contributed by atoms with Crippen LogP contribution in [0.2, 0.25) is 0 Å². The molecule has 120 valence electrons. The van der Waals surface area contributed by atoms with Gasteiger partial charge in [-0.3, -0.25) is 4.79 Å². The van der Waals surface area contributed by atoms with Crippen LogP contribution in [0.15, 0.2) is 48.5 Å². The number of carboxylic acid groups (broad SMARTS) is 1. The lowest BCUT2D eigenvalue weighted by atomic mass is 9.95. The van der Waals surface area contributed by atoms with Gasteiger partial charge in [-0.2, -0.15) is 0 Å². The van der Waals surface area contributed by atoms with Gasteiger partial charge in [-0.1, -0.05) is 36.4 Å². The standard InChI is InChI=1S/C18H14N2O4/c21-16-15-9-12-3-1-2-4-13(12)10-19(15)18(24)20(16)14-7-5-11(6-8-14)17(22)23/h1-8,15H,9-10H2,(H,22,23)/p-1/t15-/m0/s1. The molecule has 2 aliphatic heterocycles. The van der Waals surface area contributed by atoms with E-state index in [4.69, 9.17) is 0 Å². The molecule has 0 radical (unpaired) electrons. The Bertz CT molecular complexity index is 817. The Labute approximate surface area is 137 Å². The second-order valence-corrected chi connectivity index (χ2v) is 5.91. The maximum Gasteiger partial charge on any atom is 0.332 e. The van der Waals surface area contributed by atoms with Crippen LogP contribution < -0.4 is 10.0 Å². The molecule has 24 heavy (non-hydrogen) atoms. The third kappa shape index (κ3) is 2.07. The minimum atomic E-state index is -1.30. The summed E-state index contributed by atoms with van der Waals surface area (Å²) in [6, 6.07) is 12.5. The van der Waals surface area contributed by atoms with Crippen LogP contribution in [0.1, 0.15) is 21.5 Å². The van der Waals surface area contributed by atoms with Gasteiger partial charge in [0.15, 0.2) is 0 Å². The maximum atomic E-state index is 12.7. The van der Waals surface area contributed by atoms with Crippen LogP contribution in [0.3, 0.4) is 0 Å². The number of carboxylic acids is 1. The fraction of sp³-hybridized carbons (Fsp3) is 0.167. The highest BCUT2D eigenvalue weighted by Gasteiger charge is 2.47. The number of rotatable bonds is 2. The average Bonchev–Trinajstić information content (AvgIpc) is 2.84. The van der Waals surface area contributed by atoms with Crippen molar-refractivity contribution in [2.24, 2.45) is 0 Å². The number of carbonyl (C=O) groups is 3. The first-order valence-corrected chi connectivity index (χ1v) is 7.59. The smallest absolute Gasteiger partial charge is 0.332 e. The van der Waals surface area contributed by atoms with Crippen molar-refractivity contribution in [1.29, 1.82) is 0 Å². The highest BCUT2D eigenvalue weighted by atomic mass is 16.4. The molecule has 4 rings (SSSR count). The lowest BCUT2D eigenvalue weighted by Crippen LogP contribution is -2.39. The molecule has 0 aliphatic carbocycles. The van der Waals surface area contributed by atoms with Gasteiger partial charge in [0.2, 0.25) is 0 Å². The highest BCUT2D eigenvalue weighted by molar-refractivity contribution is 6.21. The first kappa shape index (κ1) is 14.4. The Morgan fingerprint density at radius 1 is 1.00 bits per heavy atom. The Hall–Kier alpha value is -3.15. The van der Waals surface area contributed by atoms with Crippen molar-refractivity contribution in [3.8, 4) is 0 Å². The quantitative estimate of drug-likeness (QED) is 0.771. The van der Waals surface area contributed by atoms with Gasteiger partial charge in [-0.25, -0.2) is 9.69 Å². The largest absolute Gasteiger partial charge is 0.545 e. The Balaban J connectivity index is 1.67. The van der Waals surface area contributed by atoms with Crippen molar-refractivity contribution in [3.05, 3.63) is 65.2 Å². The number of nitrogens with zero attached hydrogens (tertiary/aromatic N) is 2. The number of amides is 3. The first-order valence-electron chi connectivity index (χ1n) is 7.59. The normalized spacial score (nSPS) is 19.2. The van der Waals surface area contributed by atoms with Crippen LogP contribution in [0.25, 0.3) is 0 Å². The van der Waals surface area contributed by atoms with Crippen molar-refractivity contribution in [2.75, 3.05) is 4.90 Å². The molecule has 1 atom stereocenters. The fourth-order valence-corrected chi connectivity index (χ4v) is 3.30. The summed E-state index contributed by atoms with van der Waals surface area (Å²) in [5.74, 6) is -1.58. The van der Waals surface area contributed by atoms with Gasteiger partial charge in [-0.05, 0) is 28.8 Å². The van der Waals surface area contributed by atoms with E-state index in [1.807, 2.05) is 24.3 Å². The highest BCUT2D eigenvalue weighted by Crippen LogP contribution is 2.32. The van der Waals surface area contributed by atoms with Gasteiger partial charge in [0.25, 0.3) is 5.91 Å². The summed E-state index contributed by atoms with van der Waals surface area (Å²) in [7, 11) is 0. The second kappa shape index (κ2) is 5.19. The third-order valence-corrected chi connectivity index (χ3v) is 4.55. The monoisotopic (exact) mass is 321 g/mol. The maximum absolute atomic E-state index is 12.7. The SMILES string of the molecule is O=C([O-])c1ccc(N2C(=O)[C@@H]3Cc4ccccc4CN3C2=O)cc1. The molecule has 2 heterocycles. The molecule has 0 spiro atoms. The molecule has 3 amide bonds. The van der Waals surface area contributed by atoms with E-state index < -0.39 is 12.0 Å². The molecule has 0 N–H and O–H groups in total. The molecule has 0 aromatic heterocycles. The van der Waals surface area contributed by atoms with Crippen LogP contribution in [0.4, 0.5) is 10.5 Å². The number of urea groups is 1. The van der Waals surface area contributed by atoms with Crippen LogP contribution >= 0.6 is 0 Å². The number of carbonyl (C=O) groups excluding carboxylic acids is 3. The number of anilines is 1. The van der Waals surface area contributed by atoms with E-state index in [1.165, 1.54) is 24.3 Å². The van der Waals surface area contributed by atoms with E-state index in [2.05, 4.69) is 0 Å². The van der Waals surface area contributed by atoms with Gasteiger partial charge in [0.1, 0.15) is 6.04 Å². The summed E-state index contributed by atoms with van der Waals surface area (Å²) in [6.45, 7) is 0.402. The molecule has 6 heteroatoms. The zero-order valence-corrected chi connectivity index (χ0v) is 12.6. The summed E-state index contributed by atoms with van der Waals surface area (Å²) < 4.78 is 0. The summed E-state index contributed by atoms with van der Waals surface area (Å²) in [5.41, 5.74) is 2.49. The van der Waals surface area contributed by atoms with Crippen LogP contribution in [-0.4, -0.2) is 28.8 Å². The summed E-state index contributed by atoms with van der Waals surface area (Å²) in [6.07, 6.45) is 0.494. The Morgan fingerprint density at radius 2 is 1.67 bits per heavy atom. The topological polar surface area (TPSA) is 80.8 Å². The fourth-order valence-electron chi connectivity index (χ4n) is 3.30. The predicted octanol–water partition coefficient (Wildman–Crippen LogP) is 0.944. The molecule has 0 unspecified atom stereocenters. The minimum absolute atomic E-state index is 0.00275. The molecule has 0 saturated carbocycles. The van der Waals surface area contributed by atoms with Crippen molar-refractivity contribution in [1.82, 2.24) is 4.90 Å². The predicted molar refractivity (Wildman–Crippen MR) is 83.1 cm³/mol. The van der Waals surface area contributed by atoms with Crippen molar-refractivity contribution in [3.63, 3.8) is 0 Å². The van der Waals surface area contributed by atoms with E-state index in [-0.39, 0.29) is 17.5 Å². The summed E-state index contributed by atoms with van der Waals surface area (Å²) in [5, 5.41) is 10.8. The van der Waals surface area contributed by atoms with E-state index in [0.717, 1.165) is 16.0 Å². The molecule has 1 saturated heterocycles. The first-order chi connectivity index (χ1) is 11.6. The van der Waals surface area contributed by atoms with E-state index in [1.54, 1.807) is 4.90 Å². The van der Waals surface area contributed by atoms with Crippen molar-refractivity contribution >= 4 is 23.6 Å². The Kier molecular flexibility index (Phi) is 3.13. The van der Waals surface area contributed by atoms with Crippen molar-refractivity contribution in [2.45, 2.75) is 19.0 Å². The Morgan fingerprint density at radius 3 is 2.33 bits per heavy atom. The molecule has 0 bridgehead atoms. The molecule has 2 aliphatic rings. The second-order valence-electron chi connectivity index (χ2n) is 5.91. The molecular formula is C18H13N2O4-. The number of hydrogen-bond acceptors (Lipinski definition) is 4. The zero-order chi connectivity index (χ0) is 16.8. The van der Waals surface area contributed by atoms with E-state index in [0.29, 0.717) is 18.7 Å². The number of fused-ring (bicyclic) bond motifs is 2. The van der Waals surface area contributed by atoms with Gasteiger partial charge < -0.3 is 14.8 Å². The average molecular weight is 321 g/mol. The van der Waals surface area contributed by atoms with Crippen LogP contribution in [0, 0.1) is 0 Å². The molecule has 2 aromatic carbocycles. The lowest BCUT2D eigenvalue weighted by molar-refractivity contribution is -0.255. The summed E-state index contributed by atoms with van der Waals surface area (Å²) >= 11 is 0. The number of hydrogen-bond donors (Lipinski definition) is 0. The summed E-state index contributed by atoms with van der Waals surface area (Å²) in [4.78, 5) is 38.9.